The van der Waals surface area contributed by atoms with E-state index >= 15 is 0 Å². The largest absolute Gasteiger partial charge is 0.481 e. The predicted octanol–water partition coefficient (Wildman–Crippen LogP) is 3.91. The SMILES string of the molecule is CC(Oc1ccc(S(=O)(=O)[C@@H]2C[C@@H](C(=O)O)N(C(=O)OC(C)(C)C)C2)c(Cl)c1)C(F)(F)F. The van der Waals surface area contributed by atoms with Crippen LogP contribution >= 0.6 is 11.6 Å². The average molecular weight is 502 g/mol. The molecule has 0 radical (unpaired) electrons. The minimum atomic E-state index is -4.63. The Morgan fingerprint density at radius 2 is 1.84 bits per heavy atom. The van der Waals surface area contributed by atoms with Gasteiger partial charge in [0.1, 0.15) is 17.4 Å². The Labute approximate surface area is 188 Å². The highest BCUT2D eigenvalue weighted by molar-refractivity contribution is 7.92. The number of amides is 1. The van der Waals surface area contributed by atoms with Crippen LogP contribution in [-0.4, -0.2) is 66.2 Å². The molecule has 1 aliphatic heterocycles. The van der Waals surface area contributed by atoms with Gasteiger partial charge in [0.05, 0.1) is 15.2 Å². The molecule has 0 bridgehead atoms. The summed E-state index contributed by atoms with van der Waals surface area (Å²) in [5.41, 5.74) is -0.927. The third-order valence-electron chi connectivity index (χ3n) is 4.60. The minimum Gasteiger partial charge on any atom is -0.481 e. The lowest BCUT2D eigenvalue weighted by Gasteiger charge is -2.26. The number of sulfone groups is 1. The Kier molecular flexibility index (Phi) is 7.30. The summed E-state index contributed by atoms with van der Waals surface area (Å²) in [7, 11) is -4.24. The van der Waals surface area contributed by atoms with Gasteiger partial charge in [-0.3, -0.25) is 4.90 Å². The van der Waals surface area contributed by atoms with Crippen LogP contribution in [0.1, 0.15) is 34.1 Å². The molecule has 1 aliphatic rings. The number of nitrogens with zero attached hydrogens (tertiary/aromatic N) is 1. The number of likely N-dealkylation sites (tertiary alicyclic amines) is 1. The first-order valence-electron chi connectivity index (χ1n) is 9.42. The first-order chi connectivity index (χ1) is 14.4. The summed E-state index contributed by atoms with van der Waals surface area (Å²) in [6.45, 7) is 5.07. The van der Waals surface area contributed by atoms with Gasteiger partial charge in [-0.15, -0.1) is 0 Å². The standard InChI is InChI=1S/C19H23ClF3NO7S/c1-10(19(21,22)23)30-11-5-6-15(13(20)7-11)32(28,29)12-8-14(16(25)26)24(9-12)17(27)31-18(2,3)4/h5-7,10,12,14H,8-9H2,1-4H3,(H,25,26)/t10?,12-,14+/m1/s1. The van der Waals surface area contributed by atoms with Gasteiger partial charge in [0.15, 0.2) is 15.9 Å². The zero-order chi connectivity index (χ0) is 24.6. The summed E-state index contributed by atoms with van der Waals surface area (Å²) in [5.74, 6) is -1.69. The molecule has 1 N–H and O–H groups in total. The van der Waals surface area contributed by atoms with E-state index in [1.54, 1.807) is 20.8 Å². The lowest BCUT2D eigenvalue weighted by atomic mass is 10.2. The quantitative estimate of drug-likeness (QED) is 0.651. The summed E-state index contributed by atoms with van der Waals surface area (Å²) >= 11 is 6.01. The van der Waals surface area contributed by atoms with Crippen LogP contribution in [-0.2, 0) is 19.4 Å². The number of carboxylic acids is 1. The van der Waals surface area contributed by atoms with Crippen molar-refractivity contribution in [2.75, 3.05) is 6.54 Å². The fourth-order valence-corrected chi connectivity index (χ4v) is 5.25. The molecule has 0 aliphatic carbocycles. The Morgan fingerprint density at radius 1 is 1.25 bits per heavy atom. The molecule has 1 unspecified atom stereocenters. The van der Waals surface area contributed by atoms with E-state index < -0.39 is 68.9 Å². The van der Waals surface area contributed by atoms with Gasteiger partial charge in [-0.1, -0.05) is 11.6 Å². The van der Waals surface area contributed by atoms with Crippen molar-refractivity contribution in [3.63, 3.8) is 0 Å². The zero-order valence-electron chi connectivity index (χ0n) is 17.6. The Balaban J connectivity index is 2.29. The van der Waals surface area contributed by atoms with Crippen molar-refractivity contribution in [1.82, 2.24) is 4.90 Å². The van der Waals surface area contributed by atoms with Crippen molar-refractivity contribution in [1.29, 1.82) is 0 Å². The van der Waals surface area contributed by atoms with E-state index in [2.05, 4.69) is 0 Å². The van der Waals surface area contributed by atoms with E-state index in [0.29, 0.717) is 0 Å². The number of hydrogen-bond donors (Lipinski definition) is 1. The molecule has 3 atom stereocenters. The maximum atomic E-state index is 13.1. The van der Waals surface area contributed by atoms with Gasteiger partial charge in [-0.25, -0.2) is 18.0 Å². The second kappa shape index (κ2) is 8.97. The lowest BCUT2D eigenvalue weighted by Crippen LogP contribution is -2.43. The van der Waals surface area contributed by atoms with Gasteiger partial charge in [-0.2, -0.15) is 13.2 Å². The van der Waals surface area contributed by atoms with Gasteiger partial charge in [0, 0.05) is 12.6 Å². The topological polar surface area (TPSA) is 110 Å². The lowest BCUT2D eigenvalue weighted by molar-refractivity contribution is -0.189. The molecule has 1 saturated heterocycles. The Hall–Kier alpha value is -2.21. The van der Waals surface area contributed by atoms with Crippen LogP contribution in [0, 0.1) is 0 Å². The molecular weight excluding hydrogens is 479 g/mol. The van der Waals surface area contributed by atoms with E-state index in [0.717, 1.165) is 30.0 Å². The smallest absolute Gasteiger partial charge is 0.425 e. The number of carbonyl (C=O) groups is 2. The number of aliphatic carboxylic acids is 1. The Morgan fingerprint density at radius 3 is 2.31 bits per heavy atom. The summed E-state index contributed by atoms with van der Waals surface area (Å²) < 4.78 is 74.1. The van der Waals surface area contributed by atoms with Crippen LogP contribution in [0.2, 0.25) is 5.02 Å². The molecule has 13 heteroatoms. The third kappa shape index (κ3) is 5.97. The van der Waals surface area contributed by atoms with E-state index in [4.69, 9.17) is 21.1 Å². The number of benzene rings is 1. The molecule has 1 aromatic carbocycles. The number of carbonyl (C=O) groups excluding carboxylic acids is 1. The molecule has 32 heavy (non-hydrogen) atoms. The van der Waals surface area contributed by atoms with Gasteiger partial charge >= 0.3 is 18.2 Å². The van der Waals surface area contributed by atoms with Gasteiger partial charge in [0.2, 0.25) is 0 Å². The number of halogens is 4. The number of carboxylic acid groups (broad SMARTS) is 1. The molecule has 8 nitrogen and oxygen atoms in total. The predicted molar refractivity (Wildman–Crippen MR) is 108 cm³/mol. The zero-order valence-corrected chi connectivity index (χ0v) is 19.2. The normalized spacial score (nSPS) is 20.7. The summed E-state index contributed by atoms with van der Waals surface area (Å²) in [6.07, 6.45) is -8.15. The van der Waals surface area contributed by atoms with Crippen molar-refractivity contribution < 1.29 is 45.8 Å². The minimum absolute atomic E-state index is 0.288. The molecule has 1 fully saturated rings. The van der Waals surface area contributed by atoms with Crippen LogP contribution in [0.4, 0.5) is 18.0 Å². The molecule has 1 aromatic rings. The highest BCUT2D eigenvalue weighted by atomic mass is 35.5. The molecular formula is C19H23ClF3NO7S. The second-order valence-corrected chi connectivity index (χ2v) is 10.9. The van der Waals surface area contributed by atoms with Crippen molar-refractivity contribution in [2.45, 2.75) is 68.2 Å². The number of rotatable bonds is 5. The Bertz CT molecular complexity index is 992. The summed E-state index contributed by atoms with van der Waals surface area (Å²) in [4.78, 5) is 24.4. The van der Waals surface area contributed by atoms with Crippen LogP contribution in [0.3, 0.4) is 0 Å². The molecule has 2 rings (SSSR count). The fourth-order valence-electron chi connectivity index (χ4n) is 3.01. The van der Waals surface area contributed by atoms with Crippen LogP contribution in [0.15, 0.2) is 23.1 Å². The number of alkyl halides is 3. The fraction of sp³-hybridized carbons (Fsp3) is 0.579. The highest BCUT2D eigenvalue weighted by Crippen LogP contribution is 2.35. The monoisotopic (exact) mass is 501 g/mol. The van der Waals surface area contributed by atoms with E-state index in [-0.39, 0.29) is 10.8 Å². The summed E-state index contributed by atoms with van der Waals surface area (Å²) in [6, 6.07) is 1.52. The van der Waals surface area contributed by atoms with Crippen molar-refractivity contribution in [3.05, 3.63) is 23.2 Å². The van der Waals surface area contributed by atoms with Gasteiger partial charge < -0.3 is 14.6 Å². The molecule has 1 heterocycles. The first-order valence-corrected chi connectivity index (χ1v) is 11.3. The average Bonchev–Trinajstić information content (AvgIpc) is 3.06. The molecule has 180 valence electrons. The van der Waals surface area contributed by atoms with Crippen LogP contribution in [0.5, 0.6) is 5.75 Å². The van der Waals surface area contributed by atoms with Crippen molar-refractivity contribution >= 4 is 33.5 Å². The van der Waals surface area contributed by atoms with E-state index in [1.807, 2.05) is 0 Å². The van der Waals surface area contributed by atoms with E-state index in [1.165, 1.54) is 0 Å². The molecule has 0 spiro atoms. The number of ether oxygens (including phenoxy) is 2. The van der Waals surface area contributed by atoms with Gasteiger partial charge in [0.25, 0.3) is 0 Å². The maximum absolute atomic E-state index is 13.1. The van der Waals surface area contributed by atoms with Gasteiger partial charge in [-0.05, 0) is 46.2 Å². The number of hydrogen-bond acceptors (Lipinski definition) is 6. The maximum Gasteiger partial charge on any atom is 0.425 e. The van der Waals surface area contributed by atoms with Crippen LogP contribution < -0.4 is 4.74 Å². The van der Waals surface area contributed by atoms with Crippen LogP contribution in [0.25, 0.3) is 0 Å². The molecule has 1 amide bonds. The highest BCUT2D eigenvalue weighted by Gasteiger charge is 2.47. The molecule has 0 aromatic heterocycles. The first kappa shape index (κ1) is 26.0. The third-order valence-corrected chi connectivity index (χ3v) is 7.21. The second-order valence-electron chi connectivity index (χ2n) is 8.28. The summed E-state index contributed by atoms with van der Waals surface area (Å²) in [5, 5.41) is 7.75. The van der Waals surface area contributed by atoms with Crippen molar-refractivity contribution in [2.24, 2.45) is 0 Å². The van der Waals surface area contributed by atoms with Crippen molar-refractivity contribution in [3.8, 4) is 5.75 Å². The van der Waals surface area contributed by atoms with E-state index in [9.17, 15) is 36.3 Å². The molecule has 0 saturated carbocycles.